The first-order valence-corrected chi connectivity index (χ1v) is 10.9. The van der Waals surface area contributed by atoms with Gasteiger partial charge in [0.25, 0.3) is 5.91 Å². The normalized spacial score (nSPS) is 18.1. The Balaban J connectivity index is 1.95. The van der Waals surface area contributed by atoms with Crippen LogP contribution in [0.4, 0.5) is 4.79 Å². The number of aryl methyl sites for hydroxylation is 1. The van der Waals surface area contributed by atoms with Crippen LogP contribution in [0.5, 0.6) is 0 Å². The van der Waals surface area contributed by atoms with Crippen molar-refractivity contribution < 1.29 is 27.5 Å². The maximum atomic E-state index is 12.9. The van der Waals surface area contributed by atoms with Crippen LogP contribution in [0.3, 0.4) is 0 Å². The van der Waals surface area contributed by atoms with Gasteiger partial charge in [-0.15, -0.1) is 0 Å². The molecule has 2 atom stereocenters. The van der Waals surface area contributed by atoms with Crippen molar-refractivity contribution in [2.75, 3.05) is 13.2 Å². The van der Waals surface area contributed by atoms with Gasteiger partial charge in [-0.2, -0.15) is 4.31 Å². The summed E-state index contributed by atoms with van der Waals surface area (Å²) in [5.41, 5.74) is 0.921. The molecular weight excluding hydrogens is 398 g/mol. The van der Waals surface area contributed by atoms with Gasteiger partial charge in [-0.25, -0.2) is 13.2 Å². The summed E-state index contributed by atoms with van der Waals surface area (Å²) in [5.74, 6) is -1.60. The zero-order chi connectivity index (χ0) is 21.6. The summed E-state index contributed by atoms with van der Waals surface area (Å²) in [6.07, 6.45) is 1.51. The highest BCUT2D eigenvalue weighted by Gasteiger charge is 2.40. The van der Waals surface area contributed by atoms with Gasteiger partial charge >= 0.3 is 12.0 Å². The van der Waals surface area contributed by atoms with Crippen molar-refractivity contribution in [3.63, 3.8) is 0 Å². The third kappa shape index (κ3) is 6.01. The molecule has 1 aliphatic heterocycles. The molecule has 1 aromatic carbocycles. The zero-order valence-corrected chi connectivity index (χ0v) is 17.6. The molecule has 9 nitrogen and oxygen atoms in total. The third-order valence-electron chi connectivity index (χ3n) is 4.69. The number of carbonyl (C=O) groups excluding carboxylic acids is 3. The van der Waals surface area contributed by atoms with E-state index >= 15 is 0 Å². The van der Waals surface area contributed by atoms with Gasteiger partial charge in [0.1, 0.15) is 6.04 Å². The molecule has 29 heavy (non-hydrogen) atoms. The summed E-state index contributed by atoms with van der Waals surface area (Å²) in [6, 6.07) is 4.58. The summed E-state index contributed by atoms with van der Waals surface area (Å²) in [5, 5.41) is 4.62. The van der Waals surface area contributed by atoms with E-state index < -0.39 is 40.6 Å². The molecule has 0 unspecified atom stereocenters. The molecule has 0 radical (unpaired) electrons. The van der Waals surface area contributed by atoms with Gasteiger partial charge in [-0.3, -0.25) is 14.9 Å². The van der Waals surface area contributed by atoms with Crippen molar-refractivity contribution >= 4 is 27.9 Å². The van der Waals surface area contributed by atoms with Crippen LogP contribution in [-0.2, 0) is 24.3 Å². The minimum atomic E-state index is -3.86. The second-order valence-electron chi connectivity index (χ2n) is 7.03. The molecule has 1 fully saturated rings. The summed E-state index contributed by atoms with van der Waals surface area (Å²) >= 11 is 0. The van der Waals surface area contributed by atoms with E-state index in [1.54, 1.807) is 19.1 Å². The van der Waals surface area contributed by atoms with Gasteiger partial charge < -0.3 is 10.1 Å². The number of hydrogen-bond acceptors (Lipinski definition) is 6. The lowest BCUT2D eigenvalue weighted by molar-refractivity contribution is -0.151. The topological polar surface area (TPSA) is 122 Å². The molecule has 0 aliphatic carbocycles. The van der Waals surface area contributed by atoms with E-state index in [1.165, 1.54) is 12.1 Å². The van der Waals surface area contributed by atoms with Gasteiger partial charge in [-0.1, -0.05) is 24.6 Å². The highest BCUT2D eigenvalue weighted by atomic mass is 32.2. The van der Waals surface area contributed by atoms with Crippen LogP contribution in [0.25, 0.3) is 0 Å². The van der Waals surface area contributed by atoms with E-state index in [4.69, 9.17) is 4.74 Å². The molecule has 2 rings (SSSR count). The first-order valence-electron chi connectivity index (χ1n) is 9.50. The van der Waals surface area contributed by atoms with Crippen molar-refractivity contribution in [1.29, 1.82) is 0 Å². The molecule has 1 saturated heterocycles. The zero-order valence-electron chi connectivity index (χ0n) is 16.8. The monoisotopic (exact) mass is 425 g/mol. The van der Waals surface area contributed by atoms with Crippen molar-refractivity contribution in [2.24, 2.45) is 0 Å². The van der Waals surface area contributed by atoms with Gasteiger partial charge in [0, 0.05) is 12.6 Å². The number of amides is 3. The SMILES string of the molecule is CC[C@@H](C)NC(=O)NC(=O)COC(=O)[C@@H]1CCCN1S(=O)(=O)c1ccc(C)cc1. The number of nitrogens with zero attached hydrogens (tertiary/aromatic N) is 1. The fourth-order valence-electron chi connectivity index (χ4n) is 2.87. The lowest BCUT2D eigenvalue weighted by Crippen LogP contribution is -2.46. The lowest BCUT2D eigenvalue weighted by Gasteiger charge is -2.22. The van der Waals surface area contributed by atoms with E-state index in [0.29, 0.717) is 19.3 Å². The average Bonchev–Trinajstić information content (AvgIpc) is 3.17. The predicted molar refractivity (Wildman–Crippen MR) is 105 cm³/mol. The number of benzene rings is 1. The smallest absolute Gasteiger partial charge is 0.324 e. The number of carbonyl (C=O) groups is 3. The van der Waals surface area contributed by atoms with Gasteiger partial charge in [0.2, 0.25) is 10.0 Å². The number of imide groups is 1. The van der Waals surface area contributed by atoms with Gasteiger partial charge in [-0.05, 0) is 45.2 Å². The minimum absolute atomic E-state index is 0.0993. The number of sulfonamides is 1. The van der Waals surface area contributed by atoms with Crippen LogP contribution in [0.15, 0.2) is 29.2 Å². The fraction of sp³-hybridized carbons (Fsp3) is 0.526. The Morgan fingerprint density at radius 2 is 1.90 bits per heavy atom. The van der Waals surface area contributed by atoms with Crippen molar-refractivity contribution in [3.05, 3.63) is 29.8 Å². The van der Waals surface area contributed by atoms with Crippen LogP contribution in [0.2, 0.25) is 0 Å². The highest BCUT2D eigenvalue weighted by Crippen LogP contribution is 2.27. The first kappa shape index (κ1) is 22.8. The highest BCUT2D eigenvalue weighted by molar-refractivity contribution is 7.89. The summed E-state index contributed by atoms with van der Waals surface area (Å²) in [7, 11) is -3.86. The van der Waals surface area contributed by atoms with Crippen molar-refractivity contribution in [2.45, 2.75) is 57.0 Å². The molecule has 3 amide bonds. The summed E-state index contributed by atoms with van der Waals surface area (Å²) in [6.45, 7) is 5.04. The minimum Gasteiger partial charge on any atom is -0.454 e. The second-order valence-corrected chi connectivity index (χ2v) is 8.92. The molecule has 0 spiro atoms. The molecule has 2 N–H and O–H groups in total. The molecule has 0 aromatic heterocycles. The Hall–Kier alpha value is -2.46. The second kappa shape index (κ2) is 9.84. The van der Waals surface area contributed by atoms with Crippen LogP contribution < -0.4 is 10.6 Å². The number of hydrogen-bond donors (Lipinski definition) is 2. The number of nitrogens with one attached hydrogen (secondary N) is 2. The molecule has 10 heteroatoms. The van der Waals surface area contributed by atoms with Crippen LogP contribution in [0, 0.1) is 6.92 Å². The third-order valence-corrected chi connectivity index (χ3v) is 6.61. The predicted octanol–water partition coefficient (Wildman–Crippen LogP) is 1.32. The molecule has 160 valence electrons. The Kier molecular flexibility index (Phi) is 7.74. The molecule has 0 saturated carbocycles. The molecule has 1 aliphatic rings. The summed E-state index contributed by atoms with van der Waals surface area (Å²) in [4.78, 5) is 35.9. The first-order chi connectivity index (χ1) is 13.6. The van der Waals surface area contributed by atoms with Crippen LogP contribution >= 0.6 is 0 Å². The number of esters is 1. The number of urea groups is 1. The van der Waals surface area contributed by atoms with Crippen LogP contribution in [0.1, 0.15) is 38.7 Å². The number of rotatable bonds is 7. The average molecular weight is 426 g/mol. The Morgan fingerprint density at radius 3 is 2.52 bits per heavy atom. The Labute approximate surface area is 170 Å². The quantitative estimate of drug-likeness (QED) is 0.636. The molecule has 0 bridgehead atoms. The summed E-state index contributed by atoms with van der Waals surface area (Å²) < 4.78 is 31.8. The van der Waals surface area contributed by atoms with E-state index in [1.807, 2.05) is 13.8 Å². The number of ether oxygens (including phenoxy) is 1. The van der Waals surface area contributed by atoms with E-state index in [2.05, 4.69) is 10.6 Å². The Bertz CT molecular complexity index is 853. The lowest BCUT2D eigenvalue weighted by atomic mass is 10.2. The largest absolute Gasteiger partial charge is 0.454 e. The van der Waals surface area contributed by atoms with E-state index in [9.17, 15) is 22.8 Å². The van der Waals surface area contributed by atoms with Crippen LogP contribution in [-0.4, -0.2) is 55.9 Å². The standard InChI is InChI=1S/C19H27N3O6S/c1-4-14(3)20-19(25)21-17(23)12-28-18(24)16-6-5-11-22(16)29(26,27)15-9-7-13(2)8-10-15/h7-10,14,16H,4-6,11-12H2,1-3H3,(H2,20,21,23,25)/t14-,16+/m1/s1. The molecular formula is C19H27N3O6S. The molecule has 1 heterocycles. The Morgan fingerprint density at radius 1 is 1.24 bits per heavy atom. The van der Waals surface area contributed by atoms with Gasteiger partial charge in [0.15, 0.2) is 6.61 Å². The van der Waals surface area contributed by atoms with E-state index in [-0.39, 0.29) is 17.5 Å². The maximum Gasteiger partial charge on any atom is 0.324 e. The van der Waals surface area contributed by atoms with Gasteiger partial charge in [0.05, 0.1) is 4.90 Å². The maximum absolute atomic E-state index is 12.9. The molecule has 1 aromatic rings. The van der Waals surface area contributed by atoms with Crippen molar-refractivity contribution in [3.8, 4) is 0 Å². The van der Waals surface area contributed by atoms with Crippen molar-refractivity contribution in [1.82, 2.24) is 14.9 Å². The van der Waals surface area contributed by atoms with E-state index in [0.717, 1.165) is 9.87 Å². The fourth-order valence-corrected chi connectivity index (χ4v) is 4.51.